The van der Waals surface area contributed by atoms with Gasteiger partial charge in [0, 0.05) is 12.2 Å². The molecule has 2 rings (SSSR count). The summed E-state index contributed by atoms with van der Waals surface area (Å²) in [7, 11) is 1.60. The van der Waals surface area contributed by atoms with Crippen molar-refractivity contribution in [2.45, 2.75) is 6.92 Å². The molecule has 94 valence electrons. The van der Waals surface area contributed by atoms with Crippen molar-refractivity contribution in [3.8, 4) is 5.75 Å². The minimum atomic E-state index is 0.540. The first-order valence-corrected chi connectivity index (χ1v) is 5.80. The van der Waals surface area contributed by atoms with Crippen LogP contribution in [0.5, 0.6) is 5.75 Å². The molecular weight excluding hydrogens is 228 g/mol. The number of ether oxygens (including phenoxy) is 1. The van der Waals surface area contributed by atoms with Crippen LogP contribution in [0.2, 0.25) is 0 Å². The Balaban J connectivity index is 2.21. The number of para-hydroxylation sites is 1. The molecule has 0 amide bonds. The van der Waals surface area contributed by atoms with Crippen molar-refractivity contribution in [1.29, 1.82) is 0 Å². The van der Waals surface area contributed by atoms with Crippen molar-refractivity contribution in [3.63, 3.8) is 0 Å². The highest BCUT2D eigenvalue weighted by Crippen LogP contribution is 2.22. The minimum absolute atomic E-state index is 0.540. The maximum absolute atomic E-state index is 5.19. The van der Waals surface area contributed by atoms with Crippen LogP contribution >= 0.6 is 0 Å². The zero-order valence-electron chi connectivity index (χ0n) is 10.5. The highest BCUT2D eigenvalue weighted by Gasteiger charge is 2.06. The molecule has 0 saturated carbocycles. The van der Waals surface area contributed by atoms with Gasteiger partial charge < -0.3 is 15.4 Å². The Morgan fingerprint density at radius 2 is 2.00 bits per heavy atom. The quantitative estimate of drug-likeness (QED) is 0.846. The molecule has 0 fully saturated rings. The molecule has 18 heavy (non-hydrogen) atoms. The van der Waals surface area contributed by atoms with Gasteiger partial charge in [-0.25, -0.2) is 4.98 Å². The normalized spacial score (nSPS) is 9.89. The lowest BCUT2D eigenvalue weighted by molar-refractivity contribution is 0.413. The lowest BCUT2D eigenvalue weighted by Gasteiger charge is -2.10. The van der Waals surface area contributed by atoms with Gasteiger partial charge in [-0.1, -0.05) is 18.2 Å². The smallest absolute Gasteiger partial charge is 0.229 e. The number of aromatic nitrogens is 2. The number of hydrogen-bond acceptors (Lipinski definition) is 5. The molecular formula is C13H16N4O. The van der Waals surface area contributed by atoms with E-state index in [9.17, 15) is 0 Å². The molecule has 0 bridgehead atoms. The Bertz CT molecular complexity index is 502. The van der Waals surface area contributed by atoms with Crippen LogP contribution in [-0.4, -0.2) is 23.6 Å². The minimum Gasteiger partial charge on any atom is -0.491 e. The third-order valence-corrected chi connectivity index (χ3v) is 2.35. The van der Waals surface area contributed by atoms with Crippen molar-refractivity contribution >= 4 is 17.5 Å². The van der Waals surface area contributed by atoms with Crippen LogP contribution < -0.4 is 15.4 Å². The molecule has 1 aromatic heterocycles. The van der Waals surface area contributed by atoms with Crippen LogP contribution in [0.15, 0.2) is 36.5 Å². The Morgan fingerprint density at radius 1 is 1.22 bits per heavy atom. The molecule has 1 heterocycles. The summed E-state index contributed by atoms with van der Waals surface area (Å²) in [5.41, 5.74) is 0.949. The van der Waals surface area contributed by atoms with Crippen LogP contribution in [0.1, 0.15) is 6.92 Å². The second-order valence-corrected chi connectivity index (χ2v) is 3.63. The zero-order chi connectivity index (χ0) is 12.8. The molecule has 5 heteroatoms. The van der Waals surface area contributed by atoms with Crippen molar-refractivity contribution in [1.82, 2.24) is 9.97 Å². The number of anilines is 3. The zero-order valence-corrected chi connectivity index (χ0v) is 10.5. The molecule has 0 saturated heterocycles. The molecule has 0 aliphatic carbocycles. The monoisotopic (exact) mass is 244 g/mol. The van der Waals surface area contributed by atoms with E-state index in [4.69, 9.17) is 4.74 Å². The summed E-state index contributed by atoms with van der Waals surface area (Å²) in [4.78, 5) is 8.57. The molecule has 0 atom stereocenters. The Hall–Kier alpha value is -2.30. The van der Waals surface area contributed by atoms with Gasteiger partial charge in [0.1, 0.15) is 0 Å². The third kappa shape index (κ3) is 2.88. The van der Waals surface area contributed by atoms with Crippen LogP contribution in [0, 0.1) is 0 Å². The summed E-state index contributed by atoms with van der Waals surface area (Å²) < 4.78 is 5.19. The molecule has 2 N–H and O–H groups in total. The van der Waals surface area contributed by atoms with E-state index in [1.165, 1.54) is 0 Å². The maximum atomic E-state index is 5.19. The number of benzene rings is 1. The number of hydrogen-bond donors (Lipinski definition) is 2. The molecule has 1 aromatic carbocycles. The van der Waals surface area contributed by atoms with Crippen molar-refractivity contribution in [2.24, 2.45) is 0 Å². The van der Waals surface area contributed by atoms with Gasteiger partial charge >= 0.3 is 0 Å². The first-order chi connectivity index (χ1) is 8.83. The highest BCUT2D eigenvalue weighted by molar-refractivity contribution is 5.57. The van der Waals surface area contributed by atoms with E-state index in [0.717, 1.165) is 12.2 Å². The fourth-order valence-electron chi connectivity index (χ4n) is 1.53. The van der Waals surface area contributed by atoms with E-state index in [1.54, 1.807) is 13.3 Å². The molecule has 2 aromatic rings. The molecule has 0 aliphatic rings. The molecule has 5 nitrogen and oxygen atoms in total. The van der Waals surface area contributed by atoms with Gasteiger partial charge in [-0.15, -0.1) is 0 Å². The SMILES string of the molecule is CCNc1nc(Nc2ccccc2)ncc1OC. The average Bonchev–Trinajstić information content (AvgIpc) is 2.41. The fraction of sp³-hybridized carbons (Fsp3) is 0.231. The van der Waals surface area contributed by atoms with E-state index in [1.807, 2.05) is 37.3 Å². The second-order valence-electron chi connectivity index (χ2n) is 3.63. The predicted molar refractivity (Wildman–Crippen MR) is 72.5 cm³/mol. The van der Waals surface area contributed by atoms with Gasteiger partial charge in [0.25, 0.3) is 0 Å². The topological polar surface area (TPSA) is 59.1 Å². The van der Waals surface area contributed by atoms with Crippen LogP contribution in [0.3, 0.4) is 0 Å². The summed E-state index contributed by atoms with van der Waals surface area (Å²) in [5.74, 6) is 1.86. The molecule has 0 radical (unpaired) electrons. The molecule has 0 spiro atoms. The number of nitrogens with zero attached hydrogens (tertiary/aromatic N) is 2. The number of nitrogens with one attached hydrogen (secondary N) is 2. The molecule has 0 aliphatic heterocycles. The summed E-state index contributed by atoms with van der Waals surface area (Å²) in [6.45, 7) is 2.78. The third-order valence-electron chi connectivity index (χ3n) is 2.35. The summed E-state index contributed by atoms with van der Waals surface area (Å²) in [6.07, 6.45) is 1.65. The van der Waals surface area contributed by atoms with Gasteiger partial charge in [0.15, 0.2) is 11.6 Å². The fourth-order valence-corrected chi connectivity index (χ4v) is 1.53. The number of rotatable bonds is 5. The Labute approximate surface area is 106 Å². The largest absolute Gasteiger partial charge is 0.491 e. The van der Waals surface area contributed by atoms with E-state index < -0.39 is 0 Å². The van der Waals surface area contributed by atoms with Gasteiger partial charge in [0.2, 0.25) is 5.95 Å². The van der Waals surface area contributed by atoms with Gasteiger partial charge in [-0.3, -0.25) is 0 Å². The standard InChI is InChI=1S/C13H16N4O/c1-3-14-12-11(18-2)9-15-13(17-12)16-10-7-5-4-6-8-10/h4-9H,3H2,1-2H3,(H2,14,15,16,17). The van der Waals surface area contributed by atoms with E-state index in [-0.39, 0.29) is 0 Å². The van der Waals surface area contributed by atoms with Crippen LogP contribution in [0.4, 0.5) is 17.5 Å². The lowest BCUT2D eigenvalue weighted by atomic mass is 10.3. The first kappa shape index (κ1) is 12.2. The molecule has 0 unspecified atom stereocenters. The van der Waals surface area contributed by atoms with Crippen molar-refractivity contribution < 1.29 is 4.74 Å². The van der Waals surface area contributed by atoms with Gasteiger partial charge in [-0.05, 0) is 19.1 Å². The van der Waals surface area contributed by atoms with Crippen molar-refractivity contribution in [3.05, 3.63) is 36.5 Å². The lowest BCUT2D eigenvalue weighted by Crippen LogP contribution is -2.05. The van der Waals surface area contributed by atoms with E-state index in [2.05, 4.69) is 20.6 Å². The summed E-state index contributed by atoms with van der Waals surface area (Å²) in [6, 6.07) is 9.79. The van der Waals surface area contributed by atoms with Gasteiger partial charge in [0.05, 0.1) is 13.3 Å². The van der Waals surface area contributed by atoms with Gasteiger partial charge in [-0.2, -0.15) is 4.98 Å². The van der Waals surface area contributed by atoms with Crippen LogP contribution in [-0.2, 0) is 0 Å². The second kappa shape index (κ2) is 5.86. The highest BCUT2D eigenvalue weighted by atomic mass is 16.5. The first-order valence-electron chi connectivity index (χ1n) is 5.80. The maximum Gasteiger partial charge on any atom is 0.229 e. The average molecular weight is 244 g/mol. The predicted octanol–water partition coefficient (Wildman–Crippen LogP) is 2.66. The van der Waals surface area contributed by atoms with E-state index >= 15 is 0 Å². The summed E-state index contributed by atoms with van der Waals surface area (Å²) in [5, 5.41) is 6.27. The van der Waals surface area contributed by atoms with Crippen molar-refractivity contribution in [2.75, 3.05) is 24.3 Å². The number of methoxy groups -OCH3 is 1. The summed E-state index contributed by atoms with van der Waals surface area (Å²) >= 11 is 0. The van der Waals surface area contributed by atoms with E-state index in [0.29, 0.717) is 17.5 Å². The van der Waals surface area contributed by atoms with Crippen LogP contribution in [0.25, 0.3) is 0 Å². The Kier molecular flexibility index (Phi) is 3.96. The Morgan fingerprint density at radius 3 is 2.67 bits per heavy atom.